The molecule has 0 radical (unpaired) electrons. The number of carbonyl (C=O) groups is 1. The van der Waals surface area contributed by atoms with Gasteiger partial charge in [-0.2, -0.15) is 0 Å². The highest BCUT2D eigenvalue weighted by Crippen LogP contribution is 2.26. The van der Waals surface area contributed by atoms with Crippen LogP contribution in [-0.2, 0) is 11.2 Å². The molecular formula is C17H14N6O4S2. The maximum absolute atomic E-state index is 12.1. The number of H-pyrrole nitrogens is 2. The van der Waals surface area contributed by atoms with Gasteiger partial charge in [0, 0.05) is 11.3 Å². The maximum Gasteiger partial charge on any atom is 0.325 e. The predicted octanol–water partition coefficient (Wildman–Crippen LogP) is 1.69. The lowest BCUT2D eigenvalue weighted by Crippen LogP contribution is -2.27. The van der Waals surface area contributed by atoms with E-state index in [0.717, 1.165) is 22.0 Å². The minimum Gasteiger partial charge on any atom is -0.416 e. The predicted molar refractivity (Wildman–Crippen MR) is 108 cm³/mol. The van der Waals surface area contributed by atoms with Gasteiger partial charge in [0.2, 0.25) is 11.8 Å². The zero-order valence-corrected chi connectivity index (χ0v) is 16.6. The number of amides is 1. The number of aromatic amines is 2. The van der Waals surface area contributed by atoms with Gasteiger partial charge >= 0.3 is 5.69 Å². The van der Waals surface area contributed by atoms with Gasteiger partial charge in [-0.3, -0.25) is 14.6 Å². The number of rotatable bonds is 6. The van der Waals surface area contributed by atoms with Gasteiger partial charge in [-0.15, -0.1) is 10.2 Å². The van der Waals surface area contributed by atoms with E-state index in [1.54, 1.807) is 6.92 Å². The normalized spacial score (nSPS) is 11.1. The van der Waals surface area contributed by atoms with E-state index in [1.165, 1.54) is 11.3 Å². The first-order valence-electron chi connectivity index (χ1n) is 8.40. The van der Waals surface area contributed by atoms with E-state index >= 15 is 0 Å². The summed E-state index contributed by atoms with van der Waals surface area (Å²) in [5.74, 6) is 0.0250. The van der Waals surface area contributed by atoms with Crippen LogP contribution in [0.2, 0.25) is 0 Å². The molecule has 0 saturated heterocycles. The smallest absolute Gasteiger partial charge is 0.325 e. The number of nitrogens with one attached hydrogen (secondary N) is 3. The Morgan fingerprint density at radius 1 is 1.24 bits per heavy atom. The van der Waals surface area contributed by atoms with Crippen molar-refractivity contribution in [2.75, 3.05) is 11.1 Å². The minimum absolute atomic E-state index is 0.0653. The molecule has 4 aromatic rings. The lowest BCUT2D eigenvalue weighted by Gasteiger charge is -2.00. The third-order valence-electron chi connectivity index (χ3n) is 3.90. The number of benzene rings is 1. The summed E-state index contributed by atoms with van der Waals surface area (Å²) in [4.78, 5) is 44.3. The fraction of sp³-hybridized carbons (Fsp3) is 0.176. The number of nitrogens with zero attached hydrogens (tertiary/aromatic N) is 3. The second-order valence-electron chi connectivity index (χ2n) is 5.97. The van der Waals surface area contributed by atoms with Gasteiger partial charge < -0.3 is 14.7 Å². The first kappa shape index (κ1) is 19.1. The second-order valence-corrected chi connectivity index (χ2v) is 7.93. The monoisotopic (exact) mass is 430 g/mol. The molecule has 4 rings (SSSR count). The quantitative estimate of drug-likeness (QED) is 0.392. The highest BCUT2D eigenvalue weighted by molar-refractivity contribution is 7.99. The van der Waals surface area contributed by atoms with Crippen LogP contribution in [0.25, 0.3) is 10.2 Å². The van der Waals surface area contributed by atoms with Crippen molar-refractivity contribution in [3.63, 3.8) is 0 Å². The molecule has 1 aromatic carbocycles. The van der Waals surface area contributed by atoms with Crippen molar-refractivity contribution in [1.29, 1.82) is 0 Å². The summed E-state index contributed by atoms with van der Waals surface area (Å²) in [7, 11) is 0. The summed E-state index contributed by atoms with van der Waals surface area (Å²) in [5, 5.41) is 11.2. The van der Waals surface area contributed by atoms with Gasteiger partial charge in [0.15, 0.2) is 5.13 Å². The van der Waals surface area contributed by atoms with Crippen LogP contribution in [0.5, 0.6) is 0 Å². The number of aryl methyl sites for hydroxylation is 1. The summed E-state index contributed by atoms with van der Waals surface area (Å²) in [6, 6.07) is 7.62. The van der Waals surface area contributed by atoms with Crippen LogP contribution in [-0.4, -0.2) is 36.8 Å². The molecule has 1 amide bonds. The van der Waals surface area contributed by atoms with Crippen molar-refractivity contribution >= 4 is 44.4 Å². The summed E-state index contributed by atoms with van der Waals surface area (Å²) in [5.41, 5.74) is 0.514. The van der Waals surface area contributed by atoms with Gasteiger partial charge in [-0.25, -0.2) is 9.78 Å². The van der Waals surface area contributed by atoms with E-state index in [-0.39, 0.29) is 29.2 Å². The van der Waals surface area contributed by atoms with Gasteiger partial charge in [0.05, 0.1) is 22.4 Å². The molecule has 12 heteroatoms. The third-order valence-corrected chi connectivity index (χ3v) is 5.67. The maximum atomic E-state index is 12.1. The third kappa shape index (κ3) is 4.43. The zero-order chi connectivity index (χ0) is 20.4. The van der Waals surface area contributed by atoms with Crippen LogP contribution in [0.1, 0.15) is 17.1 Å². The Morgan fingerprint density at radius 3 is 2.86 bits per heavy atom. The highest BCUT2D eigenvalue weighted by Gasteiger charge is 2.14. The molecule has 0 bridgehead atoms. The van der Waals surface area contributed by atoms with Crippen LogP contribution < -0.4 is 16.6 Å². The molecule has 0 aliphatic rings. The van der Waals surface area contributed by atoms with Gasteiger partial charge in [-0.05, 0) is 19.1 Å². The Balaban J connectivity index is 1.36. The van der Waals surface area contributed by atoms with Crippen LogP contribution in [0.3, 0.4) is 0 Å². The number of hydrogen-bond donors (Lipinski definition) is 3. The largest absolute Gasteiger partial charge is 0.416 e. The van der Waals surface area contributed by atoms with Crippen molar-refractivity contribution < 1.29 is 9.21 Å². The Kier molecular flexibility index (Phi) is 5.27. The molecule has 0 aliphatic heterocycles. The topological polar surface area (TPSA) is 147 Å². The Bertz CT molecular complexity index is 1270. The molecule has 3 heterocycles. The molecule has 0 saturated carbocycles. The van der Waals surface area contributed by atoms with Crippen molar-refractivity contribution in [2.45, 2.75) is 18.6 Å². The summed E-state index contributed by atoms with van der Waals surface area (Å²) in [6.45, 7) is 1.62. The van der Waals surface area contributed by atoms with Crippen molar-refractivity contribution in [3.05, 3.63) is 62.3 Å². The Morgan fingerprint density at radius 2 is 2.07 bits per heavy atom. The SMILES string of the molecule is Cc1[nH]c(=O)[nH]c(=O)c1Cc1nnc(SCC(=O)Nc2nc3ccccc3s2)o1. The fourth-order valence-corrected chi connectivity index (χ4v) is 4.03. The average Bonchev–Trinajstić information content (AvgIpc) is 3.29. The second kappa shape index (κ2) is 8.01. The number of anilines is 1. The number of fused-ring (bicyclic) bond motifs is 1. The number of para-hydroxylation sites is 1. The summed E-state index contributed by atoms with van der Waals surface area (Å²) in [6.07, 6.45) is 0.0728. The van der Waals surface area contributed by atoms with Crippen molar-refractivity contribution in [3.8, 4) is 0 Å². The van der Waals surface area contributed by atoms with E-state index in [2.05, 4.69) is 30.5 Å². The summed E-state index contributed by atoms with van der Waals surface area (Å²) >= 11 is 2.47. The molecular weight excluding hydrogens is 416 g/mol. The van der Waals surface area contributed by atoms with E-state index in [9.17, 15) is 14.4 Å². The molecule has 29 heavy (non-hydrogen) atoms. The van der Waals surface area contributed by atoms with E-state index in [4.69, 9.17) is 4.42 Å². The molecule has 0 spiro atoms. The van der Waals surface area contributed by atoms with E-state index in [0.29, 0.717) is 16.4 Å². The van der Waals surface area contributed by atoms with Crippen LogP contribution in [0.15, 0.2) is 43.5 Å². The molecule has 0 atom stereocenters. The van der Waals surface area contributed by atoms with Crippen molar-refractivity contribution in [2.24, 2.45) is 0 Å². The highest BCUT2D eigenvalue weighted by atomic mass is 32.2. The first-order valence-corrected chi connectivity index (χ1v) is 10.2. The number of carbonyl (C=O) groups excluding carboxylic acids is 1. The van der Waals surface area contributed by atoms with Crippen LogP contribution >= 0.6 is 23.1 Å². The van der Waals surface area contributed by atoms with Gasteiger partial charge in [0.1, 0.15) is 0 Å². The van der Waals surface area contributed by atoms with Crippen LogP contribution in [0.4, 0.5) is 5.13 Å². The first-order chi connectivity index (χ1) is 14.0. The zero-order valence-electron chi connectivity index (χ0n) is 15.0. The van der Waals surface area contributed by atoms with Gasteiger partial charge in [-0.1, -0.05) is 35.2 Å². The number of hydrogen-bond acceptors (Lipinski definition) is 9. The molecule has 0 aliphatic carbocycles. The van der Waals surface area contributed by atoms with Gasteiger partial charge in [0.25, 0.3) is 10.8 Å². The number of thiazole rings is 1. The standard InChI is InChI=1S/C17H14N6O4S2/c1-8-9(14(25)21-15(26)18-8)6-13-22-23-17(27-13)28-7-12(24)20-16-19-10-4-2-3-5-11(10)29-16/h2-5H,6-7H2,1H3,(H,19,20,24)(H2,18,21,25,26). The molecule has 0 unspecified atom stereocenters. The number of thioether (sulfide) groups is 1. The van der Waals surface area contributed by atoms with Crippen molar-refractivity contribution in [1.82, 2.24) is 25.1 Å². The molecule has 148 valence electrons. The lowest BCUT2D eigenvalue weighted by molar-refractivity contribution is -0.113. The Hall–Kier alpha value is -3.25. The Labute approximate surface area is 170 Å². The average molecular weight is 430 g/mol. The number of aromatic nitrogens is 5. The van der Waals surface area contributed by atoms with E-state index < -0.39 is 11.2 Å². The van der Waals surface area contributed by atoms with E-state index in [1.807, 2.05) is 24.3 Å². The van der Waals surface area contributed by atoms with Crippen LogP contribution in [0, 0.1) is 6.92 Å². The fourth-order valence-electron chi connectivity index (χ4n) is 2.57. The molecule has 3 N–H and O–H groups in total. The lowest BCUT2D eigenvalue weighted by atomic mass is 10.2. The molecule has 0 fully saturated rings. The molecule has 3 aromatic heterocycles. The summed E-state index contributed by atoms with van der Waals surface area (Å²) < 4.78 is 6.47. The molecule has 10 nitrogen and oxygen atoms in total. The minimum atomic E-state index is -0.572.